The first-order valence-corrected chi connectivity index (χ1v) is 9.04. The SMILES string of the molecule is Cc1ccc(C(=O)Oc2cc(C)c3c(c2)O/C(=C\c2ccccc2F)C3=O)cc1. The van der Waals surface area contributed by atoms with E-state index in [0.29, 0.717) is 16.7 Å². The van der Waals surface area contributed by atoms with Crippen molar-refractivity contribution in [2.75, 3.05) is 0 Å². The molecular formula is C24H17FO4. The van der Waals surface area contributed by atoms with Crippen molar-refractivity contribution in [1.29, 1.82) is 0 Å². The van der Waals surface area contributed by atoms with Gasteiger partial charge in [-0.25, -0.2) is 9.18 Å². The standard InChI is InChI=1S/C24H17FO4/c1-14-7-9-16(10-8-14)24(27)28-18-11-15(2)22-20(13-18)29-21(23(22)26)12-17-5-3-4-6-19(17)25/h3-13H,1-2H3/b21-12-. The van der Waals surface area contributed by atoms with Gasteiger partial charge in [0.2, 0.25) is 5.78 Å². The summed E-state index contributed by atoms with van der Waals surface area (Å²) in [6.45, 7) is 3.66. The first kappa shape index (κ1) is 18.6. The quantitative estimate of drug-likeness (QED) is 0.348. The van der Waals surface area contributed by atoms with Crippen molar-refractivity contribution in [1.82, 2.24) is 0 Å². The van der Waals surface area contributed by atoms with Crippen molar-refractivity contribution in [3.63, 3.8) is 0 Å². The minimum atomic E-state index is -0.504. The molecule has 0 spiro atoms. The van der Waals surface area contributed by atoms with Crippen LogP contribution in [0.25, 0.3) is 6.08 Å². The average Bonchev–Trinajstić information content (AvgIpc) is 3.00. The largest absolute Gasteiger partial charge is 0.452 e. The number of allylic oxidation sites excluding steroid dienone is 1. The Balaban J connectivity index is 1.62. The summed E-state index contributed by atoms with van der Waals surface area (Å²) in [6.07, 6.45) is 1.37. The summed E-state index contributed by atoms with van der Waals surface area (Å²) in [7, 11) is 0. The molecular weight excluding hydrogens is 371 g/mol. The number of halogens is 1. The number of hydrogen-bond acceptors (Lipinski definition) is 4. The zero-order chi connectivity index (χ0) is 20.5. The minimum Gasteiger partial charge on any atom is -0.452 e. The van der Waals surface area contributed by atoms with Crippen LogP contribution in [0.1, 0.15) is 37.4 Å². The number of fused-ring (bicyclic) bond motifs is 1. The predicted octanol–water partition coefficient (Wildman–Crippen LogP) is 5.28. The molecule has 0 saturated carbocycles. The summed E-state index contributed by atoms with van der Waals surface area (Å²) in [5.74, 6) is -0.712. The number of esters is 1. The molecule has 0 fully saturated rings. The maximum absolute atomic E-state index is 13.9. The van der Waals surface area contributed by atoms with Crippen LogP contribution in [0.4, 0.5) is 4.39 Å². The van der Waals surface area contributed by atoms with Gasteiger partial charge in [0, 0.05) is 11.6 Å². The lowest BCUT2D eigenvalue weighted by Crippen LogP contribution is -2.08. The molecule has 29 heavy (non-hydrogen) atoms. The molecule has 0 N–H and O–H groups in total. The molecule has 1 heterocycles. The van der Waals surface area contributed by atoms with Gasteiger partial charge in [0.15, 0.2) is 5.76 Å². The van der Waals surface area contributed by atoms with Crippen LogP contribution < -0.4 is 9.47 Å². The van der Waals surface area contributed by atoms with Crippen LogP contribution in [0.3, 0.4) is 0 Å². The number of carbonyl (C=O) groups excluding carboxylic acids is 2. The monoisotopic (exact) mass is 388 g/mol. The number of benzene rings is 3. The zero-order valence-corrected chi connectivity index (χ0v) is 15.9. The molecule has 0 unspecified atom stereocenters. The van der Waals surface area contributed by atoms with E-state index in [9.17, 15) is 14.0 Å². The maximum Gasteiger partial charge on any atom is 0.343 e. The highest BCUT2D eigenvalue weighted by Gasteiger charge is 2.30. The lowest BCUT2D eigenvalue weighted by atomic mass is 10.0. The Morgan fingerprint density at radius 1 is 1.03 bits per heavy atom. The van der Waals surface area contributed by atoms with Gasteiger partial charge in [-0.3, -0.25) is 4.79 Å². The molecule has 5 heteroatoms. The second-order valence-corrected chi connectivity index (χ2v) is 6.83. The lowest BCUT2D eigenvalue weighted by molar-refractivity contribution is 0.0734. The van der Waals surface area contributed by atoms with Crippen molar-refractivity contribution in [3.05, 3.63) is 100 Å². The van der Waals surface area contributed by atoms with Gasteiger partial charge in [0.25, 0.3) is 0 Å². The van der Waals surface area contributed by atoms with Gasteiger partial charge in [-0.05, 0) is 49.8 Å². The van der Waals surface area contributed by atoms with Crippen LogP contribution in [0.15, 0.2) is 66.4 Å². The third-order valence-corrected chi connectivity index (χ3v) is 4.63. The molecule has 0 amide bonds. The van der Waals surface area contributed by atoms with E-state index in [1.54, 1.807) is 43.3 Å². The van der Waals surface area contributed by atoms with Crippen molar-refractivity contribution in [2.24, 2.45) is 0 Å². The molecule has 0 radical (unpaired) electrons. The fourth-order valence-electron chi connectivity index (χ4n) is 3.13. The first-order valence-electron chi connectivity index (χ1n) is 9.04. The fraction of sp³-hybridized carbons (Fsp3) is 0.0833. The average molecular weight is 388 g/mol. The topological polar surface area (TPSA) is 52.6 Å². The number of rotatable bonds is 3. The second-order valence-electron chi connectivity index (χ2n) is 6.83. The fourth-order valence-corrected chi connectivity index (χ4v) is 3.13. The molecule has 4 nitrogen and oxygen atoms in total. The Morgan fingerprint density at radius 2 is 1.76 bits per heavy atom. The summed E-state index contributed by atoms with van der Waals surface area (Å²) < 4.78 is 25.0. The molecule has 3 aromatic rings. The Labute approximate surface area is 167 Å². The van der Waals surface area contributed by atoms with E-state index in [-0.39, 0.29) is 28.6 Å². The van der Waals surface area contributed by atoms with Crippen molar-refractivity contribution >= 4 is 17.8 Å². The van der Waals surface area contributed by atoms with Gasteiger partial charge >= 0.3 is 5.97 Å². The van der Waals surface area contributed by atoms with Crippen molar-refractivity contribution in [2.45, 2.75) is 13.8 Å². The van der Waals surface area contributed by atoms with E-state index in [0.717, 1.165) is 5.56 Å². The van der Waals surface area contributed by atoms with Crippen LogP contribution in [0.2, 0.25) is 0 Å². The minimum absolute atomic E-state index is 0.0233. The van der Waals surface area contributed by atoms with Crippen molar-refractivity contribution < 1.29 is 23.5 Å². The summed E-state index contributed by atoms with van der Waals surface area (Å²) in [6, 6.07) is 16.2. The van der Waals surface area contributed by atoms with E-state index in [1.807, 2.05) is 19.1 Å². The Morgan fingerprint density at radius 3 is 2.48 bits per heavy atom. The Bertz CT molecular complexity index is 1160. The number of carbonyl (C=O) groups is 2. The van der Waals surface area contributed by atoms with E-state index >= 15 is 0 Å². The zero-order valence-electron chi connectivity index (χ0n) is 15.9. The number of Topliss-reactive ketones (excluding diaryl/α,β-unsaturated/α-hetero) is 1. The molecule has 0 bridgehead atoms. The second kappa shape index (κ2) is 7.36. The highest BCUT2D eigenvalue weighted by atomic mass is 19.1. The molecule has 0 aliphatic carbocycles. The molecule has 4 rings (SSSR count). The van der Waals surface area contributed by atoms with Gasteiger partial charge in [-0.2, -0.15) is 0 Å². The third-order valence-electron chi connectivity index (χ3n) is 4.63. The highest BCUT2D eigenvalue weighted by Crippen LogP contribution is 2.37. The van der Waals surface area contributed by atoms with Crippen LogP contribution in [0, 0.1) is 19.7 Å². The van der Waals surface area contributed by atoms with Gasteiger partial charge in [-0.15, -0.1) is 0 Å². The number of ketones is 1. The highest BCUT2D eigenvalue weighted by molar-refractivity contribution is 6.15. The number of aryl methyl sites for hydroxylation is 2. The summed E-state index contributed by atoms with van der Waals surface area (Å²) >= 11 is 0. The number of hydrogen-bond donors (Lipinski definition) is 0. The van der Waals surface area contributed by atoms with Crippen LogP contribution in [-0.2, 0) is 0 Å². The lowest BCUT2D eigenvalue weighted by Gasteiger charge is -2.08. The normalized spacial score (nSPS) is 13.9. The van der Waals surface area contributed by atoms with Gasteiger partial charge in [0.05, 0.1) is 11.1 Å². The molecule has 0 atom stereocenters. The predicted molar refractivity (Wildman–Crippen MR) is 107 cm³/mol. The summed E-state index contributed by atoms with van der Waals surface area (Å²) in [5.41, 5.74) is 2.70. The molecule has 1 aliphatic rings. The van der Waals surface area contributed by atoms with Gasteiger partial charge < -0.3 is 9.47 Å². The third kappa shape index (κ3) is 3.67. The molecule has 3 aromatic carbocycles. The maximum atomic E-state index is 13.9. The molecule has 0 aromatic heterocycles. The van der Waals surface area contributed by atoms with Crippen LogP contribution >= 0.6 is 0 Å². The van der Waals surface area contributed by atoms with Gasteiger partial charge in [-0.1, -0.05) is 35.9 Å². The Kier molecular flexibility index (Phi) is 4.72. The van der Waals surface area contributed by atoms with E-state index < -0.39 is 11.8 Å². The van der Waals surface area contributed by atoms with Crippen LogP contribution in [-0.4, -0.2) is 11.8 Å². The summed E-state index contributed by atoms with van der Waals surface area (Å²) in [4.78, 5) is 25.1. The van der Waals surface area contributed by atoms with Gasteiger partial charge in [0.1, 0.15) is 17.3 Å². The first-order chi connectivity index (χ1) is 13.9. The molecule has 144 valence electrons. The smallest absolute Gasteiger partial charge is 0.343 e. The van der Waals surface area contributed by atoms with E-state index in [1.165, 1.54) is 18.2 Å². The summed E-state index contributed by atoms with van der Waals surface area (Å²) in [5, 5.41) is 0. The van der Waals surface area contributed by atoms with E-state index in [2.05, 4.69) is 0 Å². The van der Waals surface area contributed by atoms with Crippen LogP contribution in [0.5, 0.6) is 11.5 Å². The molecule has 0 saturated heterocycles. The van der Waals surface area contributed by atoms with E-state index in [4.69, 9.17) is 9.47 Å². The molecule has 1 aliphatic heterocycles. The Hall–Kier alpha value is -3.73. The number of ether oxygens (including phenoxy) is 2. The van der Waals surface area contributed by atoms with Crippen molar-refractivity contribution in [3.8, 4) is 11.5 Å².